The second kappa shape index (κ2) is 10.9. The number of piperidine rings is 1. The smallest absolute Gasteiger partial charge is 0.231 e. The van der Waals surface area contributed by atoms with Gasteiger partial charge in [-0.05, 0) is 73.9 Å². The molecule has 4 aliphatic rings. The molecule has 0 amide bonds. The highest BCUT2D eigenvalue weighted by molar-refractivity contribution is 5.92. The van der Waals surface area contributed by atoms with E-state index in [1.807, 2.05) is 24.3 Å². The predicted octanol–water partition coefficient (Wildman–Crippen LogP) is 4.55. The largest absolute Gasteiger partial charge is 0.454 e. The number of ether oxygens (including phenoxy) is 3. The maximum atomic E-state index is 15.4. The molecule has 1 aliphatic carbocycles. The molecule has 4 aromatic rings. The van der Waals surface area contributed by atoms with Gasteiger partial charge in [0.1, 0.15) is 5.82 Å². The number of anilines is 3. The molecule has 8 rings (SSSR count). The molecule has 11 nitrogen and oxygen atoms in total. The zero-order chi connectivity index (χ0) is 29.8. The van der Waals surface area contributed by atoms with Gasteiger partial charge in [0.2, 0.25) is 12.7 Å². The van der Waals surface area contributed by atoms with Crippen LogP contribution < -0.4 is 25.4 Å². The number of aliphatic hydroxyl groups excluding tert-OH is 1. The number of aromatic amines is 1. The Kier molecular flexibility index (Phi) is 6.80. The second-order valence-corrected chi connectivity index (χ2v) is 12.5. The molecule has 44 heavy (non-hydrogen) atoms. The van der Waals surface area contributed by atoms with E-state index < -0.39 is 5.54 Å². The average molecular weight is 602 g/mol. The van der Waals surface area contributed by atoms with Crippen molar-refractivity contribution in [1.82, 2.24) is 20.2 Å². The van der Waals surface area contributed by atoms with Gasteiger partial charge in [-0.2, -0.15) is 10.1 Å². The van der Waals surface area contributed by atoms with E-state index in [0.717, 1.165) is 59.2 Å². The fraction of sp³-hybridized carbons (Fsp3) is 0.469. The molecule has 230 valence electrons. The van der Waals surface area contributed by atoms with E-state index >= 15 is 4.39 Å². The van der Waals surface area contributed by atoms with Crippen LogP contribution in [0.3, 0.4) is 0 Å². The Bertz CT molecular complexity index is 1690. The molecule has 2 aromatic heterocycles. The molecule has 5 heterocycles. The van der Waals surface area contributed by atoms with Crippen molar-refractivity contribution in [2.24, 2.45) is 5.73 Å². The van der Waals surface area contributed by atoms with Crippen molar-refractivity contribution >= 4 is 28.5 Å². The van der Waals surface area contributed by atoms with E-state index in [-0.39, 0.29) is 43.0 Å². The molecule has 2 unspecified atom stereocenters. The maximum absolute atomic E-state index is 15.4. The minimum atomic E-state index is -0.515. The van der Waals surface area contributed by atoms with Crippen LogP contribution in [0.1, 0.15) is 67.2 Å². The van der Waals surface area contributed by atoms with Crippen LogP contribution in [-0.4, -0.2) is 64.5 Å². The Morgan fingerprint density at radius 1 is 1.00 bits per heavy atom. The number of hydrogen-bond donors (Lipinski definition) is 4. The molecule has 0 spiro atoms. The number of nitrogens with zero attached hydrogens (tertiary/aromatic N) is 4. The highest BCUT2D eigenvalue weighted by atomic mass is 19.1. The van der Waals surface area contributed by atoms with Crippen LogP contribution in [-0.2, 0) is 10.3 Å². The van der Waals surface area contributed by atoms with E-state index in [1.54, 1.807) is 0 Å². The molecular weight excluding hydrogens is 565 g/mol. The topological polar surface area (TPSA) is 144 Å². The summed E-state index contributed by atoms with van der Waals surface area (Å²) in [5, 5.41) is 20.6. The molecule has 0 radical (unpaired) electrons. The number of benzene rings is 2. The standard InChI is InChI=1S/C32H36FN7O4/c33-27-28(18-1-2-18)38-39-30(27)36-29-23-13-19(20-3-6-22(15-41)42-16-20)4-7-24(23)35-31(37-29)40-11-9-32(34,10-12-40)21-5-8-25-26(14-21)44-17-43-25/h4-5,7-8,13-14,18,20,22,41H,1-3,6,9-12,15-17,34H2,(H2,35,36,37,38,39). The molecular formula is C32H36FN7O4. The summed E-state index contributed by atoms with van der Waals surface area (Å²) < 4.78 is 32.3. The number of halogens is 1. The van der Waals surface area contributed by atoms with Crippen LogP contribution in [0.2, 0.25) is 0 Å². The van der Waals surface area contributed by atoms with Gasteiger partial charge in [-0.25, -0.2) is 9.37 Å². The Hall–Kier alpha value is -4.00. The summed E-state index contributed by atoms with van der Waals surface area (Å²) in [6.45, 7) is 2.11. The van der Waals surface area contributed by atoms with E-state index in [4.69, 9.17) is 29.9 Å². The van der Waals surface area contributed by atoms with Crippen molar-refractivity contribution in [3.05, 3.63) is 59.0 Å². The zero-order valence-corrected chi connectivity index (χ0v) is 24.4. The number of aliphatic hydroxyl groups is 1. The molecule has 2 saturated heterocycles. The van der Waals surface area contributed by atoms with Gasteiger partial charge in [0.25, 0.3) is 0 Å². The van der Waals surface area contributed by atoms with E-state index in [0.29, 0.717) is 50.0 Å². The van der Waals surface area contributed by atoms with Gasteiger partial charge in [-0.15, -0.1) is 0 Å². The predicted molar refractivity (Wildman–Crippen MR) is 162 cm³/mol. The van der Waals surface area contributed by atoms with Crippen LogP contribution in [0, 0.1) is 5.82 Å². The van der Waals surface area contributed by atoms with Gasteiger partial charge < -0.3 is 35.3 Å². The summed E-state index contributed by atoms with van der Waals surface area (Å²) in [5.41, 5.74) is 9.84. The van der Waals surface area contributed by atoms with Crippen LogP contribution in [0.4, 0.5) is 22.0 Å². The van der Waals surface area contributed by atoms with Crippen LogP contribution >= 0.6 is 0 Å². The van der Waals surface area contributed by atoms with Crippen molar-refractivity contribution in [1.29, 1.82) is 0 Å². The first-order valence-corrected chi connectivity index (χ1v) is 15.5. The van der Waals surface area contributed by atoms with Crippen molar-refractivity contribution in [3.63, 3.8) is 0 Å². The minimum Gasteiger partial charge on any atom is -0.454 e. The summed E-state index contributed by atoms with van der Waals surface area (Å²) in [7, 11) is 0. The van der Waals surface area contributed by atoms with Gasteiger partial charge in [0.15, 0.2) is 23.1 Å². The SMILES string of the molecule is NC1(c2ccc3c(c2)OCO3)CCN(c2nc(Nc3n[nH]c(C4CC4)c3F)c3cc(C4CCC(CO)OC4)ccc3n2)CC1. The lowest BCUT2D eigenvalue weighted by Crippen LogP contribution is -2.48. The number of nitrogens with two attached hydrogens (primary N) is 1. The average Bonchev–Trinajstić information content (AvgIpc) is 3.68. The lowest BCUT2D eigenvalue weighted by Gasteiger charge is -2.39. The fourth-order valence-electron chi connectivity index (χ4n) is 6.62. The Labute approximate surface area is 253 Å². The molecule has 2 aromatic carbocycles. The molecule has 5 N–H and O–H groups in total. The Morgan fingerprint density at radius 3 is 2.59 bits per heavy atom. The van der Waals surface area contributed by atoms with Crippen LogP contribution in [0.25, 0.3) is 10.9 Å². The number of hydrogen-bond acceptors (Lipinski definition) is 10. The molecule has 1 saturated carbocycles. The third kappa shape index (κ3) is 5.00. The summed E-state index contributed by atoms with van der Waals surface area (Å²) in [6, 6.07) is 12.1. The number of rotatable bonds is 7. The van der Waals surface area contributed by atoms with Crippen molar-refractivity contribution in [3.8, 4) is 11.5 Å². The highest BCUT2D eigenvalue weighted by Gasteiger charge is 2.35. The quantitative estimate of drug-likeness (QED) is 0.238. The van der Waals surface area contributed by atoms with Gasteiger partial charge in [0.05, 0.1) is 30.5 Å². The molecule has 12 heteroatoms. The lowest BCUT2D eigenvalue weighted by atomic mass is 9.82. The van der Waals surface area contributed by atoms with E-state index in [1.165, 1.54) is 0 Å². The first-order chi connectivity index (χ1) is 21.5. The molecule has 2 atom stereocenters. The number of fused-ring (bicyclic) bond motifs is 2. The van der Waals surface area contributed by atoms with E-state index in [2.05, 4.69) is 32.5 Å². The first kappa shape index (κ1) is 27.5. The van der Waals surface area contributed by atoms with Gasteiger partial charge in [0, 0.05) is 35.9 Å². The van der Waals surface area contributed by atoms with Crippen LogP contribution in [0.15, 0.2) is 36.4 Å². The first-order valence-electron chi connectivity index (χ1n) is 15.5. The van der Waals surface area contributed by atoms with E-state index in [9.17, 15) is 5.11 Å². The lowest BCUT2D eigenvalue weighted by molar-refractivity contribution is -0.0269. The summed E-state index contributed by atoms with van der Waals surface area (Å²) in [4.78, 5) is 12.0. The monoisotopic (exact) mass is 601 g/mol. The van der Waals surface area contributed by atoms with Gasteiger partial charge >= 0.3 is 0 Å². The summed E-state index contributed by atoms with van der Waals surface area (Å²) >= 11 is 0. The Morgan fingerprint density at radius 2 is 1.82 bits per heavy atom. The number of aromatic nitrogens is 4. The van der Waals surface area contributed by atoms with Crippen molar-refractivity contribution in [2.75, 3.05) is 43.3 Å². The van der Waals surface area contributed by atoms with Gasteiger partial charge in [-0.3, -0.25) is 5.10 Å². The second-order valence-electron chi connectivity index (χ2n) is 12.5. The molecule has 0 bridgehead atoms. The minimum absolute atomic E-state index is 0.0334. The zero-order valence-electron chi connectivity index (χ0n) is 24.4. The number of H-pyrrole nitrogens is 1. The molecule has 3 aliphatic heterocycles. The molecule has 3 fully saturated rings. The summed E-state index contributed by atoms with van der Waals surface area (Å²) in [6.07, 6.45) is 4.93. The normalized spacial score (nSPS) is 22.8. The summed E-state index contributed by atoms with van der Waals surface area (Å²) in [5.74, 6) is 2.70. The number of nitrogens with one attached hydrogen (secondary N) is 2. The third-order valence-electron chi connectivity index (χ3n) is 9.59. The third-order valence-corrected chi connectivity index (χ3v) is 9.59. The van der Waals surface area contributed by atoms with Crippen molar-refractivity contribution in [2.45, 2.75) is 62.0 Å². The van der Waals surface area contributed by atoms with Gasteiger partial charge in [-0.1, -0.05) is 12.1 Å². The highest BCUT2D eigenvalue weighted by Crippen LogP contribution is 2.42. The Balaban J connectivity index is 1.09. The maximum Gasteiger partial charge on any atom is 0.231 e. The van der Waals surface area contributed by atoms with Crippen LogP contribution in [0.5, 0.6) is 11.5 Å². The van der Waals surface area contributed by atoms with Crippen molar-refractivity contribution < 1.29 is 23.7 Å². The fourth-order valence-corrected chi connectivity index (χ4v) is 6.62.